The van der Waals surface area contributed by atoms with E-state index in [0.29, 0.717) is 12.5 Å². The van der Waals surface area contributed by atoms with Crippen LogP contribution in [0.4, 0.5) is 5.69 Å². The molecule has 0 aromatic carbocycles. The number of hydrogen-bond acceptors (Lipinski definition) is 3. The van der Waals surface area contributed by atoms with Crippen molar-refractivity contribution in [1.82, 2.24) is 9.38 Å². The Kier molecular flexibility index (Phi) is 2.29. The Morgan fingerprint density at radius 1 is 1.44 bits per heavy atom. The molecule has 4 heteroatoms. The van der Waals surface area contributed by atoms with Crippen molar-refractivity contribution in [3.63, 3.8) is 0 Å². The summed E-state index contributed by atoms with van der Waals surface area (Å²) in [5, 5.41) is 9.13. The fourth-order valence-corrected chi connectivity index (χ4v) is 2.31. The van der Waals surface area contributed by atoms with Crippen LogP contribution < -0.4 is 4.90 Å². The molecular weight excluding hydrogens is 202 g/mol. The molecule has 2 aromatic rings. The molecule has 1 aliphatic rings. The van der Waals surface area contributed by atoms with Gasteiger partial charge in [0.25, 0.3) is 0 Å². The number of imidazole rings is 1. The van der Waals surface area contributed by atoms with Crippen LogP contribution in [-0.4, -0.2) is 34.2 Å². The van der Waals surface area contributed by atoms with Gasteiger partial charge in [0, 0.05) is 56.0 Å². The Morgan fingerprint density at radius 3 is 3.19 bits per heavy atom. The lowest BCUT2D eigenvalue weighted by molar-refractivity contribution is 0.238. The van der Waals surface area contributed by atoms with Crippen molar-refractivity contribution in [2.24, 2.45) is 5.92 Å². The molecule has 3 rings (SSSR count). The summed E-state index contributed by atoms with van der Waals surface area (Å²) < 4.78 is 2.00. The van der Waals surface area contributed by atoms with E-state index >= 15 is 0 Å². The van der Waals surface area contributed by atoms with Crippen molar-refractivity contribution in [3.05, 3.63) is 30.7 Å². The third kappa shape index (κ3) is 1.55. The zero-order chi connectivity index (χ0) is 11.0. The highest BCUT2D eigenvalue weighted by atomic mass is 16.3. The molecular formula is C12H15N3O. The molecule has 84 valence electrons. The number of aliphatic hydroxyl groups excluding tert-OH is 1. The van der Waals surface area contributed by atoms with Crippen molar-refractivity contribution >= 4 is 11.3 Å². The van der Waals surface area contributed by atoms with Crippen LogP contribution in [0.15, 0.2) is 30.7 Å². The Bertz CT molecular complexity index is 494. The van der Waals surface area contributed by atoms with Gasteiger partial charge in [-0.15, -0.1) is 0 Å². The van der Waals surface area contributed by atoms with Crippen molar-refractivity contribution in [2.75, 3.05) is 24.6 Å². The molecule has 0 spiro atoms. The summed E-state index contributed by atoms with van der Waals surface area (Å²) in [6, 6.07) is 4.20. The molecule has 1 saturated heterocycles. The van der Waals surface area contributed by atoms with E-state index in [4.69, 9.17) is 5.11 Å². The first-order chi connectivity index (χ1) is 7.86. The average molecular weight is 217 g/mol. The SMILES string of the molecule is OCC1CCN(c2ccn3ccnc3c2)C1. The molecule has 0 bridgehead atoms. The minimum absolute atomic E-state index is 0.294. The van der Waals surface area contributed by atoms with Gasteiger partial charge in [-0.3, -0.25) is 0 Å². The van der Waals surface area contributed by atoms with Crippen LogP contribution in [0.25, 0.3) is 5.65 Å². The Morgan fingerprint density at radius 2 is 2.38 bits per heavy atom. The molecule has 1 unspecified atom stereocenters. The highest BCUT2D eigenvalue weighted by Crippen LogP contribution is 2.24. The minimum Gasteiger partial charge on any atom is -0.396 e. The average Bonchev–Trinajstić information content (AvgIpc) is 2.96. The molecule has 3 heterocycles. The lowest BCUT2D eigenvalue weighted by Crippen LogP contribution is -2.20. The highest BCUT2D eigenvalue weighted by Gasteiger charge is 2.21. The van der Waals surface area contributed by atoms with Gasteiger partial charge in [0.15, 0.2) is 0 Å². The Balaban J connectivity index is 1.88. The maximum Gasteiger partial charge on any atom is 0.138 e. The quantitative estimate of drug-likeness (QED) is 0.820. The van der Waals surface area contributed by atoms with Crippen LogP contribution in [0.2, 0.25) is 0 Å². The molecule has 0 saturated carbocycles. The second-order valence-corrected chi connectivity index (χ2v) is 4.36. The van der Waals surface area contributed by atoms with Gasteiger partial charge in [0.2, 0.25) is 0 Å². The van der Waals surface area contributed by atoms with Crippen LogP contribution in [0.5, 0.6) is 0 Å². The van der Waals surface area contributed by atoms with E-state index in [1.54, 1.807) is 6.20 Å². The first-order valence-electron chi connectivity index (χ1n) is 5.65. The maximum absolute atomic E-state index is 9.13. The zero-order valence-corrected chi connectivity index (χ0v) is 9.08. The molecule has 1 N–H and O–H groups in total. The van der Waals surface area contributed by atoms with Crippen molar-refractivity contribution in [1.29, 1.82) is 0 Å². The number of anilines is 1. The normalized spacial score (nSPS) is 20.8. The van der Waals surface area contributed by atoms with Gasteiger partial charge in [-0.05, 0) is 12.5 Å². The largest absolute Gasteiger partial charge is 0.396 e. The van der Waals surface area contributed by atoms with Gasteiger partial charge in [-0.25, -0.2) is 4.98 Å². The Hall–Kier alpha value is -1.55. The van der Waals surface area contributed by atoms with E-state index in [0.717, 1.165) is 25.2 Å². The fraction of sp³-hybridized carbons (Fsp3) is 0.417. The standard InChI is InChI=1S/C12H15N3O/c16-9-10-1-4-15(8-10)11-2-5-14-6-3-13-12(14)7-11/h2-3,5-7,10,16H,1,4,8-9H2. The molecule has 16 heavy (non-hydrogen) atoms. The van der Waals surface area contributed by atoms with Gasteiger partial charge in [0.1, 0.15) is 5.65 Å². The summed E-state index contributed by atoms with van der Waals surface area (Å²) >= 11 is 0. The van der Waals surface area contributed by atoms with E-state index in [9.17, 15) is 0 Å². The second-order valence-electron chi connectivity index (χ2n) is 4.36. The molecule has 1 atom stereocenters. The summed E-state index contributed by atoms with van der Waals surface area (Å²) in [7, 11) is 0. The highest BCUT2D eigenvalue weighted by molar-refractivity contribution is 5.56. The number of rotatable bonds is 2. The van der Waals surface area contributed by atoms with Crippen molar-refractivity contribution in [2.45, 2.75) is 6.42 Å². The summed E-state index contributed by atoms with van der Waals surface area (Å²) in [5.41, 5.74) is 2.18. The summed E-state index contributed by atoms with van der Waals surface area (Å²) in [4.78, 5) is 6.59. The van der Waals surface area contributed by atoms with Crippen LogP contribution in [0.1, 0.15) is 6.42 Å². The fourth-order valence-electron chi connectivity index (χ4n) is 2.31. The van der Waals surface area contributed by atoms with E-state index in [2.05, 4.69) is 22.0 Å². The number of aliphatic hydroxyl groups is 1. The molecule has 2 aromatic heterocycles. The van der Waals surface area contributed by atoms with E-state index in [1.807, 2.05) is 16.8 Å². The topological polar surface area (TPSA) is 40.8 Å². The molecule has 4 nitrogen and oxygen atoms in total. The van der Waals surface area contributed by atoms with E-state index in [1.165, 1.54) is 5.69 Å². The number of nitrogens with zero attached hydrogens (tertiary/aromatic N) is 3. The van der Waals surface area contributed by atoms with Crippen LogP contribution >= 0.6 is 0 Å². The van der Waals surface area contributed by atoms with Gasteiger partial charge in [0.05, 0.1) is 0 Å². The predicted octanol–water partition coefficient (Wildman–Crippen LogP) is 1.15. The summed E-state index contributed by atoms with van der Waals surface area (Å²) in [6.07, 6.45) is 6.86. The third-order valence-corrected chi connectivity index (χ3v) is 3.29. The summed E-state index contributed by atoms with van der Waals surface area (Å²) in [5.74, 6) is 0.427. The second kappa shape index (κ2) is 3.79. The zero-order valence-electron chi connectivity index (χ0n) is 9.08. The third-order valence-electron chi connectivity index (χ3n) is 3.29. The van der Waals surface area contributed by atoms with Crippen LogP contribution in [-0.2, 0) is 0 Å². The van der Waals surface area contributed by atoms with Gasteiger partial charge in [-0.1, -0.05) is 0 Å². The van der Waals surface area contributed by atoms with Gasteiger partial charge < -0.3 is 14.4 Å². The predicted molar refractivity (Wildman–Crippen MR) is 62.6 cm³/mol. The van der Waals surface area contributed by atoms with Crippen molar-refractivity contribution < 1.29 is 5.11 Å². The van der Waals surface area contributed by atoms with Crippen molar-refractivity contribution in [3.8, 4) is 0 Å². The number of fused-ring (bicyclic) bond motifs is 1. The molecule has 0 radical (unpaired) electrons. The lowest BCUT2D eigenvalue weighted by Gasteiger charge is -2.18. The first kappa shape index (κ1) is 9.66. The molecule has 1 fully saturated rings. The minimum atomic E-state index is 0.294. The molecule has 1 aliphatic heterocycles. The monoisotopic (exact) mass is 217 g/mol. The van der Waals surface area contributed by atoms with Gasteiger partial charge in [-0.2, -0.15) is 0 Å². The number of hydrogen-bond donors (Lipinski definition) is 1. The molecule has 0 amide bonds. The van der Waals surface area contributed by atoms with E-state index < -0.39 is 0 Å². The van der Waals surface area contributed by atoms with E-state index in [-0.39, 0.29) is 0 Å². The number of pyridine rings is 1. The maximum atomic E-state index is 9.13. The van der Waals surface area contributed by atoms with Crippen LogP contribution in [0.3, 0.4) is 0 Å². The van der Waals surface area contributed by atoms with Crippen LogP contribution in [0, 0.1) is 5.92 Å². The molecule has 0 aliphatic carbocycles. The lowest BCUT2D eigenvalue weighted by atomic mass is 10.1. The smallest absolute Gasteiger partial charge is 0.138 e. The Labute approximate surface area is 94.1 Å². The summed E-state index contributed by atoms with van der Waals surface area (Å²) in [6.45, 7) is 2.28. The van der Waals surface area contributed by atoms with Gasteiger partial charge >= 0.3 is 0 Å². The first-order valence-corrected chi connectivity index (χ1v) is 5.65. The number of aromatic nitrogens is 2.